The van der Waals surface area contributed by atoms with E-state index < -0.39 is 5.92 Å². The topological polar surface area (TPSA) is 55.4 Å². The number of hydrogen-bond donors (Lipinski definition) is 1. The molecule has 0 spiro atoms. The molecule has 3 aromatic rings. The van der Waals surface area contributed by atoms with E-state index in [1.807, 2.05) is 48.5 Å². The normalized spacial score (nSPS) is 12.5. The van der Waals surface area contributed by atoms with Gasteiger partial charge in [-0.1, -0.05) is 48.5 Å². The van der Waals surface area contributed by atoms with Gasteiger partial charge in [-0.25, -0.2) is 0 Å². The zero-order valence-corrected chi connectivity index (χ0v) is 14.2. The first-order chi connectivity index (χ1) is 12.6. The van der Waals surface area contributed by atoms with E-state index in [1.54, 1.807) is 24.3 Å². The number of carbonyl (C=O) groups excluding carboxylic acids is 2. The van der Waals surface area contributed by atoms with Gasteiger partial charge < -0.3 is 10.1 Å². The molecule has 4 heteroatoms. The highest BCUT2D eigenvalue weighted by atomic mass is 16.5. The highest BCUT2D eigenvalue weighted by Gasteiger charge is 2.32. The van der Waals surface area contributed by atoms with Crippen molar-refractivity contribution in [3.05, 3.63) is 89.5 Å². The zero-order chi connectivity index (χ0) is 18.1. The number of ketones is 1. The van der Waals surface area contributed by atoms with Crippen LogP contribution in [0.3, 0.4) is 0 Å². The number of anilines is 1. The molecule has 3 aromatic carbocycles. The molecule has 1 N–H and O–H groups in total. The van der Waals surface area contributed by atoms with E-state index in [1.165, 1.54) is 6.92 Å². The molecule has 0 saturated carbocycles. The molecule has 0 aliphatic carbocycles. The van der Waals surface area contributed by atoms with Crippen molar-refractivity contribution < 1.29 is 14.3 Å². The number of fused-ring (bicyclic) bond motifs is 2. The number of carbonyl (C=O) groups is 2. The van der Waals surface area contributed by atoms with Crippen molar-refractivity contribution in [3.8, 4) is 11.5 Å². The van der Waals surface area contributed by atoms with Crippen LogP contribution in [0.2, 0.25) is 0 Å². The van der Waals surface area contributed by atoms with E-state index >= 15 is 0 Å². The van der Waals surface area contributed by atoms with Crippen LogP contribution in [0.5, 0.6) is 11.5 Å². The zero-order valence-electron chi connectivity index (χ0n) is 14.2. The first-order valence-electron chi connectivity index (χ1n) is 8.41. The summed E-state index contributed by atoms with van der Waals surface area (Å²) < 4.78 is 5.94. The lowest BCUT2D eigenvalue weighted by molar-refractivity contribution is -0.116. The van der Waals surface area contributed by atoms with Crippen LogP contribution in [0.4, 0.5) is 5.69 Å². The van der Waals surface area contributed by atoms with Crippen LogP contribution in [0.25, 0.3) is 0 Å². The number of amides is 1. The number of ether oxygens (including phenoxy) is 1. The van der Waals surface area contributed by atoms with Crippen LogP contribution in [0.1, 0.15) is 34.3 Å². The predicted octanol–water partition coefficient (Wildman–Crippen LogP) is 4.77. The Morgan fingerprint density at radius 1 is 0.808 bits per heavy atom. The average molecular weight is 343 g/mol. The van der Waals surface area contributed by atoms with E-state index in [2.05, 4.69) is 5.32 Å². The second kappa shape index (κ2) is 6.48. The molecule has 128 valence electrons. The standard InChI is InChI=1S/C22H17NO3/c1-14(24)15-8-2-5-11-18(15)23-22(25)21-16-9-3-6-12-19(16)26-20-13-7-4-10-17(20)21/h2-13,21H,1H3,(H,23,25). The quantitative estimate of drug-likeness (QED) is 0.697. The van der Waals surface area contributed by atoms with Gasteiger partial charge in [0.15, 0.2) is 5.78 Å². The largest absolute Gasteiger partial charge is 0.457 e. The van der Waals surface area contributed by atoms with Gasteiger partial charge in [-0.2, -0.15) is 0 Å². The van der Waals surface area contributed by atoms with Crippen molar-refractivity contribution in [2.24, 2.45) is 0 Å². The van der Waals surface area contributed by atoms with Crippen molar-refractivity contribution in [2.75, 3.05) is 5.32 Å². The number of para-hydroxylation sites is 3. The molecule has 0 fully saturated rings. The van der Waals surface area contributed by atoms with Gasteiger partial charge in [0.05, 0.1) is 11.6 Å². The lowest BCUT2D eigenvalue weighted by Gasteiger charge is -2.27. The lowest BCUT2D eigenvalue weighted by atomic mass is 9.87. The first kappa shape index (κ1) is 16.1. The highest BCUT2D eigenvalue weighted by molar-refractivity contribution is 6.06. The Kier molecular flexibility index (Phi) is 4.01. The molecule has 0 saturated heterocycles. The fourth-order valence-corrected chi connectivity index (χ4v) is 3.30. The molecule has 4 rings (SSSR count). The maximum absolute atomic E-state index is 13.2. The minimum absolute atomic E-state index is 0.0892. The second-order valence-corrected chi connectivity index (χ2v) is 6.20. The average Bonchev–Trinajstić information content (AvgIpc) is 2.66. The fourth-order valence-electron chi connectivity index (χ4n) is 3.30. The maximum atomic E-state index is 13.2. The third kappa shape index (κ3) is 2.75. The minimum atomic E-state index is -0.504. The monoisotopic (exact) mass is 343 g/mol. The number of rotatable bonds is 3. The summed E-state index contributed by atoms with van der Waals surface area (Å²) in [5.41, 5.74) is 2.63. The van der Waals surface area contributed by atoms with Crippen LogP contribution in [-0.4, -0.2) is 11.7 Å². The molecule has 0 atom stereocenters. The van der Waals surface area contributed by atoms with E-state index in [-0.39, 0.29) is 11.7 Å². The minimum Gasteiger partial charge on any atom is -0.457 e. The van der Waals surface area contributed by atoms with Crippen molar-refractivity contribution in [1.82, 2.24) is 0 Å². The summed E-state index contributed by atoms with van der Waals surface area (Å²) in [7, 11) is 0. The van der Waals surface area contributed by atoms with Crippen molar-refractivity contribution in [2.45, 2.75) is 12.8 Å². The van der Waals surface area contributed by atoms with Crippen LogP contribution in [-0.2, 0) is 4.79 Å². The molecule has 0 radical (unpaired) electrons. The Labute approximate surface area is 151 Å². The van der Waals surface area contributed by atoms with E-state index in [4.69, 9.17) is 4.74 Å². The Morgan fingerprint density at radius 3 is 1.96 bits per heavy atom. The molecule has 1 heterocycles. The number of benzene rings is 3. The number of nitrogens with one attached hydrogen (secondary N) is 1. The van der Waals surface area contributed by atoms with Gasteiger partial charge in [0, 0.05) is 16.7 Å². The second-order valence-electron chi connectivity index (χ2n) is 6.20. The van der Waals surface area contributed by atoms with Gasteiger partial charge in [-0.3, -0.25) is 9.59 Å². The Balaban J connectivity index is 1.76. The third-order valence-corrected chi connectivity index (χ3v) is 4.51. The molecular weight excluding hydrogens is 326 g/mol. The number of Topliss-reactive ketones (excluding diaryl/α,β-unsaturated/α-hetero) is 1. The van der Waals surface area contributed by atoms with Crippen molar-refractivity contribution in [1.29, 1.82) is 0 Å². The SMILES string of the molecule is CC(=O)c1ccccc1NC(=O)C1c2ccccc2Oc2ccccc21. The molecule has 0 unspecified atom stereocenters. The summed E-state index contributed by atoms with van der Waals surface area (Å²) in [5.74, 6) is 0.559. The van der Waals surface area contributed by atoms with Crippen LogP contribution in [0, 0.1) is 0 Å². The van der Waals surface area contributed by atoms with Gasteiger partial charge in [-0.15, -0.1) is 0 Å². The molecule has 26 heavy (non-hydrogen) atoms. The van der Waals surface area contributed by atoms with Crippen molar-refractivity contribution >= 4 is 17.4 Å². The molecular formula is C22H17NO3. The summed E-state index contributed by atoms with van der Waals surface area (Å²) in [5, 5.41) is 2.93. The molecule has 1 aliphatic rings. The Bertz CT molecular complexity index is 964. The van der Waals surface area contributed by atoms with Gasteiger partial charge >= 0.3 is 0 Å². The summed E-state index contributed by atoms with van der Waals surface area (Å²) in [6.07, 6.45) is 0. The molecule has 0 aromatic heterocycles. The van der Waals surface area contributed by atoms with E-state index in [0.29, 0.717) is 22.7 Å². The van der Waals surface area contributed by atoms with Gasteiger partial charge in [0.2, 0.25) is 5.91 Å². The number of hydrogen-bond acceptors (Lipinski definition) is 3. The predicted molar refractivity (Wildman–Crippen MR) is 99.9 cm³/mol. The summed E-state index contributed by atoms with van der Waals surface area (Å²) in [6.45, 7) is 1.49. The van der Waals surface area contributed by atoms with Gasteiger partial charge in [-0.05, 0) is 31.2 Å². The fraction of sp³-hybridized carbons (Fsp3) is 0.0909. The van der Waals surface area contributed by atoms with Crippen LogP contribution >= 0.6 is 0 Å². The smallest absolute Gasteiger partial charge is 0.236 e. The summed E-state index contributed by atoms with van der Waals surface area (Å²) >= 11 is 0. The van der Waals surface area contributed by atoms with E-state index in [0.717, 1.165) is 11.1 Å². The first-order valence-corrected chi connectivity index (χ1v) is 8.41. The summed E-state index contributed by atoms with van der Waals surface area (Å²) in [4.78, 5) is 25.0. The highest BCUT2D eigenvalue weighted by Crippen LogP contribution is 2.44. The van der Waals surface area contributed by atoms with Crippen LogP contribution in [0.15, 0.2) is 72.8 Å². The molecule has 1 amide bonds. The van der Waals surface area contributed by atoms with E-state index in [9.17, 15) is 9.59 Å². The third-order valence-electron chi connectivity index (χ3n) is 4.51. The van der Waals surface area contributed by atoms with Gasteiger partial charge in [0.1, 0.15) is 11.5 Å². The molecule has 1 aliphatic heterocycles. The van der Waals surface area contributed by atoms with Gasteiger partial charge in [0.25, 0.3) is 0 Å². The maximum Gasteiger partial charge on any atom is 0.236 e. The van der Waals surface area contributed by atoms with Crippen molar-refractivity contribution in [3.63, 3.8) is 0 Å². The Hall–Kier alpha value is -3.40. The van der Waals surface area contributed by atoms with Crippen LogP contribution < -0.4 is 10.1 Å². The lowest BCUT2D eigenvalue weighted by Crippen LogP contribution is -2.25. The summed E-state index contributed by atoms with van der Waals surface area (Å²) in [6, 6.07) is 22.1. The molecule has 4 nitrogen and oxygen atoms in total. The molecule has 0 bridgehead atoms. The Morgan fingerprint density at radius 2 is 1.35 bits per heavy atom.